The first-order valence-corrected chi connectivity index (χ1v) is 13.9. The van der Waals surface area contributed by atoms with Gasteiger partial charge >= 0.3 is 0 Å². The van der Waals surface area contributed by atoms with Crippen molar-refractivity contribution in [1.82, 2.24) is 4.90 Å². The molecular weight excluding hydrogens is 482 g/mol. The van der Waals surface area contributed by atoms with Gasteiger partial charge in [0, 0.05) is 26.4 Å². The standard InChI is InChI=1S/C31H49NO6/c1-32(2)18-22-36-21-17-31(33,15-9-19-34-23-25-37-27-29-11-5-3-6-12-29)16-10-20-35-24-26-38-28-30-13-7-4-8-14-30/h3-8,11-14,33H,9-10,15-28H2,1-2H3. The summed E-state index contributed by atoms with van der Waals surface area (Å²) in [6, 6.07) is 20.3. The van der Waals surface area contributed by atoms with E-state index < -0.39 is 5.60 Å². The van der Waals surface area contributed by atoms with E-state index in [4.69, 9.17) is 23.7 Å². The fourth-order valence-electron chi connectivity index (χ4n) is 3.96. The molecule has 0 atom stereocenters. The van der Waals surface area contributed by atoms with Crippen molar-refractivity contribution < 1.29 is 28.8 Å². The number of aliphatic hydroxyl groups is 1. The van der Waals surface area contributed by atoms with Gasteiger partial charge in [-0.15, -0.1) is 0 Å². The molecule has 0 radical (unpaired) electrons. The predicted molar refractivity (Wildman–Crippen MR) is 151 cm³/mol. The van der Waals surface area contributed by atoms with Crippen molar-refractivity contribution in [3.8, 4) is 0 Å². The van der Waals surface area contributed by atoms with Gasteiger partial charge < -0.3 is 33.7 Å². The summed E-state index contributed by atoms with van der Waals surface area (Å²) < 4.78 is 28.6. The lowest BCUT2D eigenvalue weighted by Crippen LogP contribution is -2.32. The van der Waals surface area contributed by atoms with Crippen LogP contribution in [0.3, 0.4) is 0 Å². The van der Waals surface area contributed by atoms with Gasteiger partial charge in [-0.05, 0) is 57.3 Å². The SMILES string of the molecule is CN(C)CCOCCC(O)(CCCOCCOCc1ccccc1)CCCOCCOCc1ccccc1. The number of rotatable bonds is 24. The lowest BCUT2D eigenvalue weighted by molar-refractivity contribution is -0.0314. The van der Waals surface area contributed by atoms with Crippen molar-refractivity contribution in [1.29, 1.82) is 0 Å². The lowest BCUT2D eigenvalue weighted by Gasteiger charge is -2.28. The highest BCUT2D eigenvalue weighted by atomic mass is 16.5. The molecule has 214 valence electrons. The second-order valence-electron chi connectivity index (χ2n) is 9.90. The summed E-state index contributed by atoms with van der Waals surface area (Å²) in [7, 11) is 4.05. The van der Waals surface area contributed by atoms with Crippen LogP contribution in [0.25, 0.3) is 0 Å². The zero-order valence-electron chi connectivity index (χ0n) is 23.5. The van der Waals surface area contributed by atoms with Crippen molar-refractivity contribution in [2.75, 3.05) is 73.5 Å². The molecule has 7 heteroatoms. The third-order valence-corrected chi connectivity index (χ3v) is 6.22. The zero-order valence-corrected chi connectivity index (χ0v) is 23.5. The molecule has 0 saturated heterocycles. The van der Waals surface area contributed by atoms with Crippen LogP contribution in [0.1, 0.15) is 43.2 Å². The highest BCUT2D eigenvalue weighted by Gasteiger charge is 2.25. The van der Waals surface area contributed by atoms with Crippen molar-refractivity contribution in [2.45, 2.75) is 50.9 Å². The minimum absolute atomic E-state index is 0.548. The molecular formula is C31H49NO6. The first-order valence-electron chi connectivity index (χ1n) is 13.9. The number of hydrogen-bond donors (Lipinski definition) is 1. The van der Waals surface area contributed by atoms with Gasteiger partial charge in [0.2, 0.25) is 0 Å². The summed E-state index contributed by atoms with van der Waals surface area (Å²) in [6.45, 7) is 6.72. The summed E-state index contributed by atoms with van der Waals surface area (Å²) >= 11 is 0. The Morgan fingerprint density at radius 2 is 1.00 bits per heavy atom. The van der Waals surface area contributed by atoms with Gasteiger partial charge in [0.1, 0.15) is 0 Å². The molecule has 0 aliphatic carbocycles. The Morgan fingerprint density at radius 3 is 1.47 bits per heavy atom. The highest BCUT2D eigenvalue weighted by Crippen LogP contribution is 2.24. The van der Waals surface area contributed by atoms with Gasteiger partial charge in [-0.1, -0.05) is 60.7 Å². The van der Waals surface area contributed by atoms with E-state index in [0.717, 1.165) is 30.5 Å². The molecule has 7 nitrogen and oxygen atoms in total. The molecule has 0 aliphatic heterocycles. The minimum atomic E-state index is -0.779. The summed E-state index contributed by atoms with van der Waals surface area (Å²) in [5, 5.41) is 11.3. The fourth-order valence-corrected chi connectivity index (χ4v) is 3.96. The summed E-state index contributed by atoms with van der Waals surface area (Å²) in [5.74, 6) is 0. The Hall–Kier alpha value is -1.84. The van der Waals surface area contributed by atoms with Crippen molar-refractivity contribution in [3.05, 3.63) is 71.8 Å². The quantitative estimate of drug-likeness (QED) is 0.197. The molecule has 0 bridgehead atoms. The van der Waals surface area contributed by atoms with E-state index in [9.17, 15) is 5.11 Å². The second kappa shape index (κ2) is 21.0. The number of hydrogen-bond acceptors (Lipinski definition) is 7. The third kappa shape index (κ3) is 16.9. The van der Waals surface area contributed by atoms with E-state index in [1.54, 1.807) is 0 Å². The Balaban J connectivity index is 1.56. The number of nitrogens with zero attached hydrogens (tertiary/aromatic N) is 1. The Bertz CT molecular complexity index is 734. The molecule has 0 aliphatic rings. The van der Waals surface area contributed by atoms with Crippen molar-refractivity contribution >= 4 is 0 Å². The maximum atomic E-state index is 11.3. The van der Waals surface area contributed by atoms with E-state index in [0.29, 0.717) is 85.3 Å². The average molecular weight is 532 g/mol. The van der Waals surface area contributed by atoms with Crippen LogP contribution < -0.4 is 0 Å². The zero-order chi connectivity index (χ0) is 27.2. The first-order chi connectivity index (χ1) is 18.6. The van der Waals surface area contributed by atoms with Crippen LogP contribution in [0.5, 0.6) is 0 Å². The Kier molecular flexibility index (Phi) is 17.9. The minimum Gasteiger partial charge on any atom is -0.390 e. The molecule has 0 spiro atoms. The summed E-state index contributed by atoms with van der Waals surface area (Å²) in [4.78, 5) is 2.09. The summed E-state index contributed by atoms with van der Waals surface area (Å²) in [5.41, 5.74) is 1.54. The Morgan fingerprint density at radius 1 is 0.553 bits per heavy atom. The van der Waals surface area contributed by atoms with E-state index in [1.807, 2.05) is 50.5 Å². The van der Waals surface area contributed by atoms with Gasteiger partial charge in [0.15, 0.2) is 0 Å². The molecule has 0 saturated carbocycles. The largest absolute Gasteiger partial charge is 0.390 e. The molecule has 2 aromatic carbocycles. The molecule has 0 aromatic heterocycles. The van der Waals surface area contributed by atoms with E-state index in [1.165, 1.54) is 0 Å². The lowest BCUT2D eigenvalue weighted by atomic mass is 9.89. The molecule has 0 amide bonds. The monoisotopic (exact) mass is 531 g/mol. The van der Waals surface area contributed by atoms with Crippen LogP contribution in [0.2, 0.25) is 0 Å². The molecule has 2 rings (SSSR count). The highest BCUT2D eigenvalue weighted by molar-refractivity contribution is 5.14. The summed E-state index contributed by atoms with van der Waals surface area (Å²) in [6.07, 6.45) is 3.55. The van der Waals surface area contributed by atoms with Crippen LogP contribution in [0, 0.1) is 0 Å². The molecule has 0 unspecified atom stereocenters. The first kappa shape index (κ1) is 32.4. The van der Waals surface area contributed by atoms with Gasteiger partial charge in [-0.2, -0.15) is 0 Å². The number of benzene rings is 2. The van der Waals surface area contributed by atoms with E-state index in [-0.39, 0.29) is 0 Å². The van der Waals surface area contributed by atoms with Crippen LogP contribution in [0.4, 0.5) is 0 Å². The van der Waals surface area contributed by atoms with Crippen molar-refractivity contribution in [3.63, 3.8) is 0 Å². The van der Waals surface area contributed by atoms with Crippen LogP contribution in [0.15, 0.2) is 60.7 Å². The van der Waals surface area contributed by atoms with Crippen LogP contribution in [-0.4, -0.2) is 89.1 Å². The topological polar surface area (TPSA) is 69.6 Å². The smallest absolute Gasteiger partial charge is 0.0718 e. The van der Waals surface area contributed by atoms with Crippen molar-refractivity contribution in [2.24, 2.45) is 0 Å². The van der Waals surface area contributed by atoms with Gasteiger partial charge in [-0.3, -0.25) is 0 Å². The molecule has 0 fully saturated rings. The van der Waals surface area contributed by atoms with Gasteiger partial charge in [0.05, 0.1) is 51.8 Å². The van der Waals surface area contributed by atoms with Crippen LogP contribution >= 0.6 is 0 Å². The van der Waals surface area contributed by atoms with Gasteiger partial charge in [0.25, 0.3) is 0 Å². The Labute approximate surface area is 230 Å². The average Bonchev–Trinajstić information content (AvgIpc) is 2.92. The fraction of sp³-hybridized carbons (Fsp3) is 0.613. The van der Waals surface area contributed by atoms with Crippen LogP contribution in [-0.2, 0) is 36.9 Å². The molecule has 38 heavy (non-hydrogen) atoms. The number of ether oxygens (including phenoxy) is 5. The third-order valence-electron chi connectivity index (χ3n) is 6.22. The molecule has 2 aromatic rings. The second-order valence-corrected chi connectivity index (χ2v) is 9.90. The predicted octanol–water partition coefficient (Wildman–Crippen LogP) is 4.71. The maximum absolute atomic E-state index is 11.3. The van der Waals surface area contributed by atoms with E-state index >= 15 is 0 Å². The van der Waals surface area contributed by atoms with Gasteiger partial charge in [-0.25, -0.2) is 0 Å². The maximum Gasteiger partial charge on any atom is 0.0718 e. The molecule has 1 N–H and O–H groups in total. The van der Waals surface area contributed by atoms with E-state index in [2.05, 4.69) is 29.2 Å². The normalized spacial score (nSPS) is 11.9. The molecule has 0 heterocycles. The number of likely N-dealkylation sites (N-methyl/N-ethyl adjacent to an activating group) is 1.